The van der Waals surface area contributed by atoms with Crippen molar-refractivity contribution in [2.75, 3.05) is 50.7 Å². The molecule has 0 amide bonds. The van der Waals surface area contributed by atoms with Crippen LogP contribution in [0, 0.1) is 11.8 Å². The Labute approximate surface area is 285 Å². The van der Waals surface area contributed by atoms with Gasteiger partial charge in [0.05, 0.1) is 32.5 Å². The monoisotopic (exact) mass is 661 g/mol. The molecule has 5 rings (SSSR count). The van der Waals surface area contributed by atoms with Gasteiger partial charge in [-0.25, -0.2) is 0 Å². The van der Waals surface area contributed by atoms with E-state index in [4.69, 9.17) is 14.2 Å². The minimum atomic E-state index is -0.764. The Morgan fingerprint density at radius 2 is 1.67 bits per heavy atom. The molecular weight excluding hydrogens is 606 g/mol. The summed E-state index contributed by atoms with van der Waals surface area (Å²) in [5.74, 6) is 2.07. The van der Waals surface area contributed by atoms with Gasteiger partial charge in [0.15, 0.2) is 0 Å². The quantitative estimate of drug-likeness (QED) is 0.112. The number of ether oxygens (including phenoxy) is 3. The third kappa shape index (κ3) is 9.18. The normalized spacial score (nSPS) is 19.2. The highest BCUT2D eigenvalue weighted by Gasteiger charge is 2.35. The minimum Gasteiger partial charge on any atom is -0.497 e. The van der Waals surface area contributed by atoms with Crippen molar-refractivity contribution in [2.45, 2.75) is 95.9 Å². The van der Waals surface area contributed by atoms with Crippen molar-refractivity contribution in [2.24, 2.45) is 11.8 Å². The van der Waals surface area contributed by atoms with E-state index in [2.05, 4.69) is 34.6 Å². The molecule has 48 heavy (non-hydrogen) atoms. The molecule has 0 bridgehead atoms. The fourth-order valence-corrected chi connectivity index (χ4v) is 7.53. The molecule has 1 heterocycles. The largest absolute Gasteiger partial charge is 0.497 e. The topological polar surface area (TPSA) is 109 Å². The van der Waals surface area contributed by atoms with E-state index in [1.54, 1.807) is 14.2 Å². The van der Waals surface area contributed by atoms with Crippen LogP contribution in [0.3, 0.4) is 0 Å². The van der Waals surface area contributed by atoms with E-state index < -0.39 is 17.0 Å². The Balaban J connectivity index is 1.30. The van der Waals surface area contributed by atoms with Gasteiger partial charge in [-0.1, -0.05) is 75.8 Å². The van der Waals surface area contributed by atoms with Crippen LogP contribution in [0.4, 0.5) is 11.4 Å². The Morgan fingerprint density at radius 1 is 0.938 bits per heavy atom. The number of benzene rings is 2. The second-order valence-electron chi connectivity index (χ2n) is 13.7. The van der Waals surface area contributed by atoms with Crippen LogP contribution < -0.4 is 35.9 Å². The number of nitrogens with zero attached hydrogens (tertiary/aromatic N) is 1. The number of unbranched alkanes of at least 4 members (excludes halogenated alkanes) is 1. The molecule has 1 saturated carbocycles. The maximum atomic E-state index is 13.2. The predicted molar refractivity (Wildman–Crippen MR) is 192 cm³/mol. The molecule has 9 nitrogen and oxygen atoms in total. The van der Waals surface area contributed by atoms with E-state index >= 15 is 0 Å². The zero-order valence-electron chi connectivity index (χ0n) is 29.0. The molecule has 1 aliphatic heterocycles. The summed E-state index contributed by atoms with van der Waals surface area (Å²) < 4.78 is 17.3. The first-order valence-corrected chi connectivity index (χ1v) is 18.0. The number of nitrogens with one attached hydrogen (secondary N) is 2. The first kappa shape index (κ1) is 35.9. The predicted octanol–water partition coefficient (Wildman–Crippen LogP) is 5.98. The van der Waals surface area contributed by atoms with Gasteiger partial charge in [0.25, 0.3) is 10.9 Å². The van der Waals surface area contributed by atoms with Gasteiger partial charge >= 0.3 is 0 Å². The van der Waals surface area contributed by atoms with E-state index in [1.165, 1.54) is 19.3 Å². The number of piperidine rings is 1. The number of hydrogen-bond acceptors (Lipinski definition) is 9. The van der Waals surface area contributed by atoms with E-state index in [1.807, 2.05) is 36.4 Å². The highest BCUT2D eigenvalue weighted by Crippen LogP contribution is 2.36. The summed E-state index contributed by atoms with van der Waals surface area (Å²) >= 11 is 0. The number of aliphatic hydroxyl groups is 1. The molecule has 0 spiro atoms. The van der Waals surface area contributed by atoms with Crippen LogP contribution in [0.25, 0.3) is 0 Å². The van der Waals surface area contributed by atoms with Crippen LogP contribution in [-0.2, 0) is 11.3 Å². The van der Waals surface area contributed by atoms with Crippen molar-refractivity contribution >= 4 is 11.4 Å². The van der Waals surface area contributed by atoms with E-state index in [0.717, 1.165) is 56.1 Å². The third-order valence-electron chi connectivity index (χ3n) is 10.2. The lowest BCUT2D eigenvalue weighted by molar-refractivity contribution is 0.00454. The van der Waals surface area contributed by atoms with Gasteiger partial charge in [-0.3, -0.25) is 9.59 Å². The van der Waals surface area contributed by atoms with Crippen molar-refractivity contribution in [3.8, 4) is 11.5 Å². The molecular formula is C39H55N3O6. The molecule has 1 saturated heterocycles. The molecule has 0 aromatic heterocycles. The standard InChI is InChI=1S/C39H55N3O6/c1-4-5-19-48-39(29-15-10-7-11-16-29)30-17-12-18-42(26-30)36-35(37(44)38(36)45)41-33(22-27-13-8-6-9-14-27)34(43)25-40-24-28-20-31(46-2)23-32(21-28)47-3/h7,10-11,15-16,20-21,23,27,30,33-34,39-41,43H,4-6,8-9,12-14,17-19,22,24-26H2,1-3H3/t30-,33?,34?,39+/m1/s1. The summed E-state index contributed by atoms with van der Waals surface area (Å²) in [5.41, 5.74) is 2.05. The first-order valence-electron chi connectivity index (χ1n) is 18.0. The summed E-state index contributed by atoms with van der Waals surface area (Å²) in [6, 6.07) is 15.7. The van der Waals surface area contributed by atoms with Gasteiger partial charge in [-0.05, 0) is 54.9 Å². The van der Waals surface area contributed by atoms with Crippen molar-refractivity contribution in [1.82, 2.24) is 5.32 Å². The molecule has 4 atom stereocenters. The van der Waals surface area contributed by atoms with Crippen molar-refractivity contribution < 1.29 is 19.3 Å². The molecule has 0 radical (unpaired) electrons. The van der Waals surface area contributed by atoms with Crippen LogP contribution in [-0.4, -0.2) is 57.7 Å². The fraction of sp³-hybridized carbons (Fsp3) is 0.590. The van der Waals surface area contributed by atoms with Gasteiger partial charge in [0.2, 0.25) is 0 Å². The Kier molecular flexibility index (Phi) is 13.3. The molecule has 3 N–H and O–H groups in total. The van der Waals surface area contributed by atoms with Crippen LogP contribution in [0.2, 0.25) is 0 Å². The van der Waals surface area contributed by atoms with E-state index in [0.29, 0.717) is 61.6 Å². The molecule has 262 valence electrons. The number of aliphatic hydroxyl groups excluding tert-OH is 1. The summed E-state index contributed by atoms with van der Waals surface area (Å²) in [5, 5.41) is 18.4. The third-order valence-corrected chi connectivity index (χ3v) is 10.2. The average molecular weight is 662 g/mol. The lowest BCUT2D eigenvalue weighted by Gasteiger charge is -2.40. The molecule has 3 aromatic carbocycles. The van der Waals surface area contributed by atoms with E-state index in [-0.39, 0.29) is 18.1 Å². The maximum absolute atomic E-state index is 13.2. The maximum Gasteiger partial charge on any atom is 0.253 e. The number of methoxy groups -OCH3 is 2. The summed E-state index contributed by atoms with van der Waals surface area (Å²) in [7, 11) is 3.25. The van der Waals surface area contributed by atoms with Gasteiger partial charge in [-0.2, -0.15) is 0 Å². The molecule has 3 aromatic rings. The first-order chi connectivity index (χ1) is 23.4. The van der Waals surface area contributed by atoms with Crippen LogP contribution >= 0.6 is 0 Å². The summed E-state index contributed by atoms with van der Waals surface area (Å²) in [4.78, 5) is 28.4. The molecule has 2 fully saturated rings. The minimum absolute atomic E-state index is 0.0695. The highest BCUT2D eigenvalue weighted by molar-refractivity contribution is 5.75. The van der Waals surface area contributed by atoms with Crippen LogP contribution in [0.15, 0.2) is 58.1 Å². The van der Waals surface area contributed by atoms with Crippen molar-refractivity contribution in [1.29, 1.82) is 0 Å². The Morgan fingerprint density at radius 3 is 2.35 bits per heavy atom. The number of rotatable bonds is 18. The zero-order valence-corrected chi connectivity index (χ0v) is 29.0. The highest BCUT2D eigenvalue weighted by atomic mass is 16.5. The van der Waals surface area contributed by atoms with Gasteiger partial charge in [-0.15, -0.1) is 0 Å². The van der Waals surface area contributed by atoms with Gasteiger partial charge < -0.3 is 34.9 Å². The van der Waals surface area contributed by atoms with Crippen LogP contribution in [0.1, 0.15) is 88.4 Å². The Hall–Kier alpha value is -3.40. The second-order valence-corrected chi connectivity index (χ2v) is 13.7. The van der Waals surface area contributed by atoms with Crippen LogP contribution in [0.5, 0.6) is 11.5 Å². The molecule has 9 heteroatoms. The SMILES string of the molecule is CCCCO[C@@H](c1ccccc1)[C@@H]1CCCN(c2c(NC(CC3CCCCC3)C(O)CNCc3cc(OC)cc(OC)c3)c(=O)c2=O)C1. The Bertz CT molecular complexity index is 1460. The zero-order chi connectivity index (χ0) is 33.9. The van der Waals surface area contributed by atoms with Crippen molar-refractivity contribution in [3.05, 3.63) is 80.1 Å². The van der Waals surface area contributed by atoms with E-state index in [9.17, 15) is 14.7 Å². The summed E-state index contributed by atoms with van der Waals surface area (Å²) in [6.07, 6.45) is 9.74. The lowest BCUT2D eigenvalue weighted by Crippen LogP contribution is -2.50. The molecule has 2 unspecified atom stereocenters. The molecule has 2 aliphatic rings. The second kappa shape index (κ2) is 17.8. The summed E-state index contributed by atoms with van der Waals surface area (Å²) in [6.45, 7) is 5.06. The van der Waals surface area contributed by atoms with Gasteiger partial charge in [0, 0.05) is 44.8 Å². The average Bonchev–Trinajstić information content (AvgIpc) is 3.13. The van der Waals surface area contributed by atoms with Gasteiger partial charge in [0.1, 0.15) is 22.9 Å². The lowest BCUT2D eigenvalue weighted by atomic mass is 9.83. The smallest absolute Gasteiger partial charge is 0.253 e. The van der Waals surface area contributed by atoms with Crippen molar-refractivity contribution in [3.63, 3.8) is 0 Å². The number of anilines is 2. The molecule has 1 aliphatic carbocycles. The fourth-order valence-electron chi connectivity index (χ4n) is 7.53. The number of hydrogen-bond donors (Lipinski definition) is 3.